The molecule has 2 heterocycles. The van der Waals surface area contributed by atoms with Crippen molar-refractivity contribution in [1.82, 2.24) is 14.8 Å². The molecule has 0 unspecified atom stereocenters. The number of hydrogen-bond acceptors (Lipinski definition) is 8. The minimum Gasteiger partial charge on any atom is -0.494 e. The van der Waals surface area contributed by atoms with E-state index in [1.165, 1.54) is 41.3 Å². The van der Waals surface area contributed by atoms with Gasteiger partial charge in [-0.25, -0.2) is 23.4 Å². The molecule has 3 aromatic carbocycles. The summed E-state index contributed by atoms with van der Waals surface area (Å²) in [5.74, 6) is 5.73. The fourth-order valence-corrected chi connectivity index (χ4v) is 7.08. The van der Waals surface area contributed by atoms with Crippen LogP contribution in [0.5, 0.6) is 5.75 Å². The van der Waals surface area contributed by atoms with Crippen LogP contribution in [0.15, 0.2) is 78.0 Å². The van der Waals surface area contributed by atoms with E-state index in [2.05, 4.69) is 10.3 Å². The van der Waals surface area contributed by atoms with Gasteiger partial charge in [-0.05, 0) is 91.7 Å². The first-order valence-electron chi connectivity index (χ1n) is 15.2. The third-order valence-corrected chi connectivity index (χ3v) is 10.6. The molecule has 13 heteroatoms. The maximum atomic E-state index is 14.8. The summed E-state index contributed by atoms with van der Waals surface area (Å²) in [5, 5.41) is 5.14. The predicted octanol–water partition coefficient (Wildman–Crippen LogP) is 5.44. The van der Waals surface area contributed by atoms with E-state index in [-0.39, 0.29) is 16.7 Å². The zero-order valence-electron chi connectivity index (χ0n) is 27.0. The van der Waals surface area contributed by atoms with E-state index in [9.17, 15) is 22.4 Å². The van der Waals surface area contributed by atoms with Gasteiger partial charge in [0.05, 0.1) is 29.0 Å². The fraction of sp³-hybridized carbons (Fsp3) is 0.324. The lowest BCUT2D eigenvalue weighted by Crippen LogP contribution is -2.46. The van der Waals surface area contributed by atoms with Crippen molar-refractivity contribution in [2.45, 2.75) is 48.9 Å². The standard InChI is InChI=1S/C34H39FN6O5S/c1-21(2)47(44,45)31-13-10-25(38-34(43)39(3)4)19-27(31)29-7-6-16-40(29)33(42)32(23-9-12-28(35)30(18-23)46-5)41(36)26-11-8-24-20-37-15-14-22(24)17-26/h8-15,17-21,29,32H,6-7,16,36H2,1-5H3,(H,38,43)/t29-,32+/m1/s1. The fourth-order valence-electron chi connectivity index (χ4n) is 5.79. The highest BCUT2D eigenvalue weighted by Crippen LogP contribution is 2.41. The lowest BCUT2D eigenvalue weighted by atomic mass is 10.00. The molecule has 0 aliphatic carbocycles. The lowest BCUT2D eigenvalue weighted by molar-refractivity contribution is -0.133. The van der Waals surface area contributed by atoms with E-state index >= 15 is 0 Å². The number of pyridine rings is 1. The van der Waals surface area contributed by atoms with E-state index in [0.717, 1.165) is 10.8 Å². The van der Waals surface area contributed by atoms with Gasteiger partial charge in [0.1, 0.15) is 6.04 Å². The molecule has 0 bridgehead atoms. The zero-order chi connectivity index (χ0) is 34.0. The molecule has 0 spiro atoms. The monoisotopic (exact) mass is 662 g/mol. The van der Waals surface area contributed by atoms with E-state index in [1.807, 2.05) is 18.2 Å². The number of carbonyl (C=O) groups is 2. The average Bonchev–Trinajstić information content (AvgIpc) is 3.55. The van der Waals surface area contributed by atoms with Crippen LogP contribution in [0.3, 0.4) is 0 Å². The van der Waals surface area contributed by atoms with Crippen molar-refractivity contribution in [3.8, 4) is 5.75 Å². The third-order valence-electron chi connectivity index (χ3n) is 8.41. The SMILES string of the molecule is COc1cc([C@@H](C(=O)N2CCC[C@@H]2c2cc(NC(=O)N(C)C)ccc2S(=O)(=O)C(C)C)N(N)c2ccc3cnccc3c2)ccc1F. The number of hydrazine groups is 1. The van der Waals surface area contributed by atoms with Crippen LogP contribution in [0.2, 0.25) is 0 Å². The maximum Gasteiger partial charge on any atom is 0.321 e. The molecule has 5 rings (SSSR count). The second-order valence-electron chi connectivity index (χ2n) is 12.0. The summed E-state index contributed by atoms with van der Waals surface area (Å²) in [7, 11) is 0.754. The van der Waals surface area contributed by atoms with Crippen molar-refractivity contribution in [3.63, 3.8) is 0 Å². The quantitative estimate of drug-likeness (QED) is 0.179. The van der Waals surface area contributed by atoms with Gasteiger partial charge < -0.3 is 19.9 Å². The summed E-state index contributed by atoms with van der Waals surface area (Å²) < 4.78 is 47.0. The molecule has 248 valence electrons. The summed E-state index contributed by atoms with van der Waals surface area (Å²) in [6.07, 6.45) is 4.45. The van der Waals surface area contributed by atoms with Crippen molar-refractivity contribution in [2.75, 3.05) is 38.1 Å². The van der Waals surface area contributed by atoms with Gasteiger partial charge in [0, 0.05) is 44.1 Å². The van der Waals surface area contributed by atoms with Crippen LogP contribution in [-0.4, -0.2) is 68.1 Å². The first-order valence-corrected chi connectivity index (χ1v) is 16.8. The molecule has 1 aromatic heterocycles. The first kappa shape index (κ1) is 33.6. The van der Waals surface area contributed by atoms with Crippen LogP contribution in [-0.2, 0) is 14.6 Å². The number of carbonyl (C=O) groups excluding carboxylic acids is 2. The van der Waals surface area contributed by atoms with Gasteiger partial charge in [-0.1, -0.05) is 12.1 Å². The van der Waals surface area contributed by atoms with Crippen molar-refractivity contribution in [3.05, 3.63) is 90.0 Å². The number of halogens is 1. The van der Waals surface area contributed by atoms with Crippen molar-refractivity contribution in [2.24, 2.45) is 5.84 Å². The van der Waals surface area contributed by atoms with E-state index in [4.69, 9.17) is 10.6 Å². The van der Waals surface area contributed by atoms with Crippen LogP contribution in [0.4, 0.5) is 20.6 Å². The summed E-state index contributed by atoms with van der Waals surface area (Å²) in [6, 6.07) is 13.9. The Morgan fingerprint density at radius 1 is 1.06 bits per heavy atom. The topological polar surface area (TPSA) is 138 Å². The van der Waals surface area contributed by atoms with Crippen LogP contribution in [0.25, 0.3) is 10.8 Å². The van der Waals surface area contributed by atoms with Gasteiger partial charge in [0.15, 0.2) is 21.4 Å². The number of hydrogen-bond donors (Lipinski definition) is 2. The molecule has 4 aromatic rings. The number of ether oxygens (including phenoxy) is 1. The summed E-state index contributed by atoms with van der Waals surface area (Å²) in [6.45, 7) is 3.52. The van der Waals surface area contributed by atoms with Crippen molar-refractivity contribution in [1.29, 1.82) is 0 Å². The smallest absolute Gasteiger partial charge is 0.321 e. The zero-order valence-corrected chi connectivity index (χ0v) is 27.8. The minimum absolute atomic E-state index is 0.0501. The molecule has 0 saturated carbocycles. The molecule has 47 heavy (non-hydrogen) atoms. The largest absolute Gasteiger partial charge is 0.494 e. The number of aromatic nitrogens is 1. The Morgan fingerprint density at radius 3 is 2.53 bits per heavy atom. The summed E-state index contributed by atoms with van der Waals surface area (Å²) >= 11 is 0. The highest BCUT2D eigenvalue weighted by Gasteiger charge is 2.40. The Hall–Kier alpha value is -4.75. The molecule has 1 fully saturated rings. The highest BCUT2D eigenvalue weighted by atomic mass is 32.2. The van der Waals surface area contributed by atoms with Crippen LogP contribution in [0, 0.1) is 5.82 Å². The molecular formula is C34H39FN6O5S. The maximum absolute atomic E-state index is 14.8. The van der Waals surface area contributed by atoms with Gasteiger partial charge in [0.25, 0.3) is 5.91 Å². The number of nitrogens with two attached hydrogens (primary N) is 1. The van der Waals surface area contributed by atoms with Crippen LogP contribution >= 0.6 is 0 Å². The normalized spacial score (nSPS) is 15.5. The number of anilines is 2. The second kappa shape index (κ2) is 13.5. The number of fused-ring (bicyclic) bond motifs is 1. The Balaban J connectivity index is 1.62. The van der Waals surface area contributed by atoms with E-state index in [1.54, 1.807) is 63.4 Å². The first-order chi connectivity index (χ1) is 22.3. The van der Waals surface area contributed by atoms with Crippen molar-refractivity contribution >= 4 is 43.9 Å². The number of nitrogens with zero attached hydrogens (tertiary/aromatic N) is 4. The summed E-state index contributed by atoms with van der Waals surface area (Å²) in [5.41, 5.74) is 1.71. The van der Waals surface area contributed by atoms with Crippen molar-refractivity contribution < 1.29 is 27.1 Å². The molecule has 1 saturated heterocycles. The predicted molar refractivity (Wildman–Crippen MR) is 179 cm³/mol. The van der Waals surface area contributed by atoms with Gasteiger partial charge >= 0.3 is 6.03 Å². The lowest BCUT2D eigenvalue weighted by Gasteiger charge is -2.35. The van der Waals surface area contributed by atoms with Gasteiger partial charge in [-0.3, -0.25) is 14.8 Å². The minimum atomic E-state index is -3.78. The molecule has 3 N–H and O–H groups in total. The Morgan fingerprint density at radius 2 is 1.83 bits per heavy atom. The van der Waals surface area contributed by atoms with Gasteiger partial charge in [-0.15, -0.1) is 0 Å². The number of sulfone groups is 1. The molecule has 3 amide bonds. The molecular weight excluding hydrogens is 623 g/mol. The van der Waals surface area contributed by atoms with E-state index in [0.29, 0.717) is 41.9 Å². The number of rotatable bonds is 9. The number of likely N-dealkylation sites (tertiary alicyclic amines) is 1. The molecule has 1 aliphatic heterocycles. The highest BCUT2D eigenvalue weighted by molar-refractivity contribution is 7.92. The van der Waals surface area contributed by atoms with Crippen LogP contribution in [0.1, 0.15) is 49.9 Å². The van der Waals surface area contributed by atoms with Gasteiger partial charge in [0.2, 0.25) is 0 Å². The molecule has 1 aliphatic rings. The number of methoxy groups -OCH3 is 1. The third kappa shape index (κ3) is 6.72. The number of amides is 3. The second-order valence-corrected chi connectivity index (χ2v) is 14.4. The number of urea groups is 1. The van der Waals surface area contributed by atoms with Gasteiger partial charge in [-0.2, -0.15) is 0 Å². The number of benzene rings is 3. The Kier molecular flexibility index (Phi) is 9.68. The molecule has 2 atom stereocenters. The molecule has 11 nitrogen and oxygen atoms in total. The number of nitrogens with one attached hydrogen (secondary N) is 1. The average molecular weight is 663 g/mol. The van der Waals surface area contributed by atoms with Crippen LogP contribution < -0.4 is 20.9 Å². The van der Waals surface area contributed by atoms with E-state index < -0.39 is 38.9 Å². The molecule has 0 radical (unpaired) electrons. The Bertz CT molecular complexity index is 1920. The summed E-state index contributed by atoms with van der Waals surface area (Å²) in [4.78, 5) is 34.5. The Labute approximate surface area is 274 Å².